The number of aliphatic hydroxyl groups is 2. The zero-order valence-corrected chi connectivity index (χ0v) is 12.7. The standard InChI is InChI=1S/C13H21N3O6/c1-3-22-13(19)10-8-12(15(20)21)11(14-10)9-16(2,4-6-17)5-7-18/h8,17-18H,3-7,9H2,1-2H3/p+1. The molecule has 0 radical (unpaired) electrons. The van der Waals surface area contributed by atoms with E-state index in [1.807, 2.05) is 0 Å². The number of likely N-dealkylation sites (N-methyl/N-ethyl adjacent to an activating group) is 1. The SMILES string of the molecule is CCOC(=O)c1cc([N+](=O)[O-])c(C[N+](C)(CCO)CCO)[nH]1. The maximum atomic E-state index is 11.7. The fourth-order valence-corrected chi connectivity index (χ4v) is 2.22. The number of nitrogens with one attached hydrogen (secondary N) is 1. The summed E-state index contributed by atoms with van der Waals surface area (Å²) in [5.41, 5.74) is 0.0730. The Morgan fingerprint density at radius 3 is 2.45 bits per heavy atom. The fraction of sp³-hybridized carbons (Fsp3) is 0.615. The van der Waals surface area contributed by atoms with Crippen LogP contribution in [-0.2, 0) is 11.3 Å². The van der Waals surface area contributed by atoms with Gasteiger partial charge in [-0.1, -0.05) is 0 Å². The molecule has 0 unspecified atom stereocenters. The minimum Gasteiger partial charge on any atom is -0.461 e. The minimum absolute atomic E-state index is 0.0168. The number of hydrogen-bond acceptors (Lipinski definition) is 6. The highest BCUT2D eigenvalue weighted by Crippen LogP contribution is 2.24. The first-order valence-corrected chi connectivity index (χ1v) is 6.95. The lowest BCUT2D eigenvalue weighted by molar-refractivity contribution is -0.923. The average Bonchev–Trinajstić information content (AvgIpc) is 2.83. The second kappa shape index (κ2) is 7.87. The summed E-state index contributed by atoms with van der Waals surface area (Å²) in [5.74, 6) is -0.657. The van der Waals surface area contributed by atoms with Gasteiger partial charge in [0.2, 0.25) is 0 Å². The Morgan fingerprint density at radius 2 is 2.00 bits per heavy atom. The highest BCUT2D eigenvalue weighted by Gasteiger charge is 2.29. The Hall–Kier alpha value is -1.97. The van der Waals surface area contributed by atoms with E-state index in [9.17, 15) is 14.9 Å². The summed E-state index contributed by atoms with van der Waals surface area (Å²) in [5, 5.41) is 29.4. The summed E-state index contributed by atoms with van der Waals surface area (Å²) in [6.07, 6.45) is 0. The molecule has 0 aliphatic heterocycles. The van der Waals surface area contributed by atoms with Crippen molar-refractivity contribution in [1.82, 2.24) is 4.98 Å². The smallest absolute Gasteiger partial charge is 0.354 e. The van der Waals surface area contributed by atoms with Crippen molar-refractivity contribution in [2.75, 3.05) is 40.0 Å². The second-order valence-corrected chi connectivity index (χ2v) is 5.20. The number of rotatable bonds is 9. The molecule has 1 aromatic heterocycles. The summed E-state index contributed by atoms with van der Waals surface area (Å²) < 4.78 is 5.03. The van der Waals surface area contributed by atoms with Gasteiger partial charge in [-0.25, -0.2) is 4.79 Å². The highest BCUT2D eigenvalue weighted by molar-refractivity contribution is 5.88. The first-order chi connectivity index (χ1) is 10.4. The van der Waals surface area contributed by atoms with Crippen LogP contribution in [0, 0.1) is 10.1 Å². The summed E-state index contributed by atoms with van der Waals surface area (Å²) >= 11 is 0. The number of H-pyrrole nitrogens is 1. The van der Waals surface area contributed by atoms with Crippen LogP contribution in [-0.4, -0.2) is 70.5 Å². The van der Waals surface area contributed by atoms with Crippen LogP contribution in [0.3, 0.4) is 0 Å². The van der Waals surface area contributed by atoms with Crippen molar-refractivity contribution >= 4 is 11.7 Å². The van der Waals surface area contributed by atoms with Crippen molar-refractivity contribution in [3.05, 3.63) is 27.6 Å². The molecule has 1 aromatic rings. The number of quaternary nitrogens is 1. The third-order valence-electron chi connectivity index (χ3n) is 3.39. The van der Waals surface area contributed by atoms with Crippen molar-refractivity contribution in [1.29, 1.82) is 0 Å². The number of ether oxygens (including phenoxy) is 1. The quantitative estimate of drug-likeness (QED) is 0.255. The molecule has 0 spiro atoms. The lowest BCUT2D eigenvalue weighted by Gasteiger charge is -2.32. The van der Waals surface area contributed by atoms with E-state index in [2.05, 4.69) is 4.98 Å². The molecule has 0 aliphatic rings. The summed E-state index contributed by atoms with van der Waals surface area (Å²) in [6, 6.07) is 1.15. The molecule has 0 amide bonds. The van der Waals surface area contributed by atoms with Crippen molar-refractivity contribution in [2.45, 2.75) is 13.5 Å². The predicted molar refractivity (Wildman–Crippen MR) is 77.2 cm³/mol. The van der Waals surface area contributed by atoms with Crippen LogP contribution in [0.1, 0.15) is 23.1 Å². The molecule has 9 heteroatoms. The Balaban J connectivity index is 3.10. The number of aliphatic hydroxyl groups excluding tert-OH is 2. The van der Waals surface area contributed by atoms with Gasteiger partial charge in [0.15, 0.2) is 0 Å². The largest absolute Gasteiger partial charge is 0.461 e. The number of nitrogens with zero attached hydrogens (tertiary/aromatic N) is 2. The van der Waals surface area contributed by atoms with Crippen LogP contribution in [0.2, 0.25) is 0 Å². The lowest BCUT2D eigenvalue weighted by Crippen LogP contribution is -2.47. The first kappa shape index (κ1) is 18.1. The fourth-order valence-electron chi connectivity index (χ4n) is 2.22. The molecule has 3 N–H and O–H groups in total. The maximum Gasteiger partial charge on any atom is 0.354 e. The number of aromatic amines is 1. The molecular weight excluding hydrogens is 294 g/mol. The maximum absolute atomic E-state index is 11.7. The van der Waals surface area contributed by atoms with E-state index >= 15 is 0 Å². The average molecular weight is 316 g/mol. The number of esters is 1. The summed E-state index contributed by atoms with van der Waals surface area (Å²) in [6.45, 7) is 2.41. The van der Waals surface area contributed by atoms with Crippen LogP contribution in [0.4, 0.5) is 5.69 Å². The van der Waals surface area contributed by atoms with Gasteiger partial charge in [0.05, 0.1) is 31.8 Å². The monoisotopic (exact) mass is 316 g/mol. The van der Waals surface area contributed by atoms with Crippen molar-refractivity contribution in [3.63, 3.8) is 0 Å². The summed E-state index contributed by atoms with van der Waals surface area (Å²) in [7, 11) is 1.76. The normalized spacial score (nSPS) is 11.5. The Bertz CT molecular complexity index is 522. The predicted octanol–water partition coefficient (Wildman–Crippen LogP) is 0.0308. The number of aromatic nitrogens is 1. The van der Waals surface area contributed by atoms with Crippen LogP contribution in [0.5, 0.6) is 0 Å². The third-order valence-corrected chi connectivity index (χ3v) is 3.39. The highest BCUT2D eigenvalue weighted by atomic mass is 16.6. The molecular formula is C13H22N3O6+. The van der Waals surface area contributed by atoms with Gasteiger partial charge in [0, 0.05) is 6.07 Å². The minimum atomic E-state index is -0.657. The Morgan fingerprint density at radius 1 is 1.41 bits per heavy atom. The van der Waals surface area contributed by atoms with E-state index in [0.29, 0.717) is 13.1 Å². The first-order valence-electron chi connectivity index (χ1n) is 6.95. The third kappa shape index (κ3) is 4.52. The molecule has 1 heterocycles. The van der Waals surface area contributed by atoms with Gasteiger partial charge in [-0.2, -0.15) is 0 Å². The zero-order valence-electron chi connectivity index (χ0n) is 12.7. The number of carbonyl (C=O) groups excluding carboxylic acids is 1. The second-order valence-electron chi connectivity index (χ2n) is 5.20. The molecule has 9 nitrogen and oxygen atoms in total. The molecule has 1 rings (SSSR count). The van der Waals surface area contributed by atoms with Gasteiger partial charge in [0.1, 0.15) is 31.0 Å². The van der Waals surface area contributed by atoms with Gasteiger partial charge in [-0.05, 0) is 6.92 Å². The molecule has 124 valence electrons. The van der Waals surface area contributed by atoms with Gasteiger partial charge >= 0.3 is 5.97 Å². The molecule has 22 heavy (non-hydrogen) atoms. The van der Waals surface area contributed by atoms with E-state index in [1.54, 1.807) is 14.0 Å². The molecule has 0 aliphatic carbocycles. The molecule has 0 saturated carbocycles. The number of nitro groups is 1. The van der Waals surface area contributed by atoms with Gasteiger partial charge in [-0.3, -0.25) is 10.1 Å². The van der Waals surface area contributed by atoms with E-state index in [-0.39, 0.29) is 47.9 Å². The van der Waals surface area contributed by atoms with E-state index < -0.39 is 10.9 Å². The van der Waals surface area contributed by atoms with Gasteiger partial charge in [0.25, 0.3) is 5.69 Å². The lowest BCUT2D eigenvalue weighted by atomic mass is 10.3. The molecule has 0 atom stereocenters. The molecule has 0 bridgehead atoms. The van der Waals surface area contributed by atoms with Crippen molar-refractivity contribution in [3.8, 4) is 0 Å². The van der Waals surface area contributed by atoms with Crippen LogP contribution < -0.4 is 0 Å². The Kier molecular flexibility index (Phi) is 6.47. The summed E-state index contributed by atoms with van der Waals surface area (Å²) in [4.78, 5) is 25.0. The van der Waals surface area contributed by atoms with Gasteiger partial charge in [-0.15, -0.1) is 0 Å². The number of carbonyl (C=O) groups is 1. The topological polar surface area (TPSA) is 126 Å². The zero-order chi connectivity index (χ0) is 16.8. The molecule has 0 aromatic carbocycles. The van der Waals surface area contributed by atoms with Crippen LogP contribution in [0.25, 0.3) is 0 Å². The van der Waals surface area contributed by atoms with Crippen molar-refractivity contribution in [2.24, 2.45) is 0 Å². The molecule has 0 saturated heterocycles. The Labute approximate surface area is 127 Å². The van der Waals surface area contributed by atoms with E-state index in [4.69, 9.17) is 14.9 Å². The van der Waals surface area contributed by atoms with E-state index in [1.165, 1.54) is 0 Å². The number of hydrogen-bond donors (Lipinski definition) is 3. The van der Waals surface area contributed by atoms with Gasteiger partial charge < -0.3 is 24.4 Å². The van der Waals surface area contributed by atoms with Crippen LogP contribution in [0.15, 0.2) is 6.07 Å². The van der Waals surface area contributed by atoms with Crippen molar-refractivity contribution < 1.29 is 29.2 Å². The van der Waals surface area contributed by atoms with E-state index in [0.717, 1.165) is 6.07 Å². The molecule has 0 fully saturated rings. The van der Waals surface area contributed by atoms with Crippen LogP contribution >= 0.6 is 0 Å².